The molecule has 1 atom stereocenters. The zero-order chi connectivity index (χ0) is 28.6. The summed E-state index contributed by atoms with van der Waals surface area (Å²) >= 11 is 0. The number of allylic oxidation sites excluding steroid dienone is 6. The summed E-state index contributed by atoms with van der Waals surface area (Å²) in [5, 5.41) is 5.20. The molecule has 0 saturated carbocycles. The second-order valence-corrected chi connectivity index (χ2v) is 9.54. The van der Waals surface area contributed by atoms with E-state index in [9.17, 15) is 22.8 Å². The number of nitrogens with one attached hydrogen (secondary N) is 2. The lowest BCUT2D eigenvalue weighted by molar-refractivity contribution is -0.128. The van der Waals surface area contributed by atoms with E-state index in [1.165, 1.54) is 32.3 Å². The molecular formula is C29H44F3N3O3. The van der Waals surface area contributed by atoms with Crippen molar-refractivity contribution in [2.24, 2.45) is 5.41 Å². The molecule has 1 rings (SSSR count). The van der Waals surface area contributed by atoms with E-state index < -0.39 is 17.7 Å². The van der Waals surface area contributed by atoms with Crippen LogP contribution in [0.5, 0.6) is 0 Å². The molecule has 1 unspecified atom stereocenters. The van der Waals surface area contributed by atoms with E-state index in [1.807, 2.05) is 12.2 Å². The lowest BCUT2D eigenvalue weighted by Gasteiger charge is -2.39. The van der Waals surface area contributed by atoms with Gasteiger partial charge in [-0.15, -0.1) is 6.58 Å². The highest BCUT2D eigenvalue weighted by atomic mass is 19.4. The smallest absolute Gasteiger partial charge is 0.412 e. The van der Waals surface area contributed by atoms with Crippen molar-refractivity contribution in [1.82, 2.24) is 15.5 Å². The zero-order valence-electron chi connectivity index (χ0n) is 23.1. The van der Waals surface area contributed by atoms with E-state index in [0.29, 0.717) is 19.4 Å². The maximum Gasteiger partial charge on any atom is 0.412 e. The van der Waals surface area contributed by atoms with Crippen LogP contribution < -0.4 is 10.6 Å². The normalized spacial score (nSPS) is 16.6. The second-order valence-electron chi connectivity index (χ2n) is 9.54. The van der Waals surface area contributed by atoms with Crippen LogP contribution in [-0.2, 0) is 14.3 Å². The molecule has 0 bridgehead atoms. The number of halogens is 3. The van der Waals surface area contributed by atoms with E-state index in [4.69, 9.17) is 4.74 Å². The number of amides is 2. The van der Waals surface area contributed by atoms with Gasteiger partial charge in [0.2, 0.25) is 5.91 Å². The highest BCUT2D eigenvalue weighted by molar-refractivity contribution is 5.85. The maximum atomic E-state index is 12.8. The Morgan fingerprint density at radius 1 is 1.03 bits per heavy atom. The Morgan fingerprint density at radius 3 is 2.29 bits per heavy atom. The third kappa shape index (κ3) is 12.0. The number of rotatable bonds is 16. The Bertz CT molecular complexity index is 887. The van der Waals surface area contributed by atoms with Crippen molar-refractivity contribution in [1.29, 1.82) is 0 Å². The van der Waals surface area contributed by atoms with Crippen LogP contribution in [-0.4, -0.2) is 55.7 Å². The molecule has 1 fully saturated rings. The third-order valence-corrected chi connectivity index (χ3v) is 6.48. The number of carbonyl (C=O) groups excluding carboxylic acids is 2. The van der Waals surface area contributed by atoms with Gasteiger partial charge < -0.3 is 20.3 Å². The van der Waals surface area contributed by atoms with Crippen molar-refractivity contribution >= 4 is 11.8 Å². The molecule has 2 amide bonds. The lowest BCUT2D eigenvalue weighted by atomic mass is 9.81. The van der Waals surface area contributed by atoms with Gasteiger partial charge in [-0.1, -0.05) is 51.7 Å². The first kappa shape index (κ1) is 33.1. The summed E-state index contributed by atoms with van der Waals surface area (Å²) in [4.78, 5) is 26.4. The summed E-state index contributed by atoms with van der Waals surface area (Å²) < 4.78 is 43.8. The Kier molecular flexibility index (Phi) is 14.6. The highest BCUT2D eigenvalue weighted by Crippen LogP contribution is 2.35. The SMILES string of the molecule is C=CCC(C)(/C=C\CCNC(=O)CNC(=O)CO/C(=C/C=C(\CC)C(F)(F)F)CC)C(=C)N1CCCCC1. The highest BCUT2D eigenvalue weighted by Gasteiger charge is 2.31. The van der Waals surface area contributed by atoms with Gasteiger partial charge in [-0.05, 0) is 44.6 Å². The van der Waals surface area contributed by atoms with E-state index in [2.05, 4.69) is 41.7 Å². The molecule has 0 aromatic heterocycles. The van der Waals surface area contributed by atoms with E-state index in [1.54, 1.807) is 6.92 Å². The van der Waals surface area contributed by atoms with Gasteiger partial charge in [0.15, 0.2) is 6.61 Å². The molecule has 1 heterocycles. The third-order valence-electron chi connectivity index (χ3n) is 6.48. The molecule has 0 aliphatic carbocycles. The first-order valence-electron chi connectivity index (χ1n) is 13.3. The summed E-state index contributed by atoms with van der Waals surface area (Å²) in [6, 6.07) is 0. The Balaban J connectivity index is 2.43. The van der Waals surface area contributed by atoms with Gasteiger partial charge in [0.1, 0.15) is 0 Å². The molecule has 1 aliphatic heterocycles. The summed E-state index contributed by atoms with van der Waals surface area (Å²) in [7, 11) is 0. The molecule has 0 aromatic rings. The number of nitrogens with zero attached hydrogens (tertiary/aromatic N) is 1. The molecular weight excluding hydrogens is 495 g/mol. The van der Waals surface area contributed by atoms with Gasteiger partial charge in [0.05, 0.1) is 12.3 Å². The summed E-state index contributed by atoms with van der Waals surface area (Å²) in [5.74, 6) is -0.630. The van der Waals surface area contributed by atoms with Crippen LogP contribution in [0.25, 0.3) is 0 Å². The van der Waals surface area contributed by atoms with Crippen LogP contribution in [0.3, 0.4) is 0 Å². The molecule has 9 heteroatoms. The van der Waals surface area contributed by atoms with Gasteiger partial charge in [-0.2, -0.15) is 13.2 Å². The fraction of sp³-hybridized carbons (Fsp3) is 0.586. The van der Waals surface area contributed by atoms with E-state index >= 15 is 0 Å². The van der Waals surface area contributed by atoms with Crippen LogP contribution in [0, 0.1) is 5.41 Å². The number of hydrogen-bond donors (Lipinski definition) is 2. The van der Waals surface area contributed by atoms with Crippen LogP contribution in [0.4, 0.5) is 13.2 Å². The molecule has 1 saturated heterocycles. The van der Waals surface area contributed by atoms with Crippen LogP contribution in [0.15, 0.2) is 60.6 Å². The minimum absolute atomic E-state index is 0.162. The molecule has 1 aliphatic rings. The molecule has 0 aromatic carbocycles. The van der Waals surface area contributed by atoms with E-state index in [-0.39, 0.29) is 36.7 Å². The standard InChI is InChI=1S/C29H44F3N3O3/c1-6-16-28(5,23(4)35-19-12-9-13-20-35)17-10-11-18-33-26(36)21-34-27(37)22-38-25(8-3)15-14-24(7-2)29(30,31)32/h6,10,14-15,17H,1,4,7-9,11-13,16,18-22H2,2-3,5H3,(H,33,36)(H,34,37)/b17-10-,24-14+,25-15+. The fourth-order valence-electron chi connectivity index (χ4n) is 4.07. The first-order valence-corrected chi connectivity index (χ1v) is 13.3. The molecule has 6 nitrogen and oxygen atoms in total. The molecule has 38 heavy (non-hydrogen) atoms. The van der Waals surface area contributed by atoms with Crippen molar-refractivity contribution in [3.63, 3.8) is 0 Å². The Morgan fingerprint density at radius 2 is 1.71 bits per heavy atom. The molecule has 0 spiro atoms. The van der Waals surface area contributed by atoms with Gasteiger partial charge in [-0.3, -0.25) is 9.59 Å². The predicted octanol–water partition coefficient (Wildman–Crippen LogP) is 5.96. The van der Waals surface area contributed by atoms with Gasteiger partial charge in [-0.25, -0.2) is 0 Å². The number of hydrogen-bond acceptors (Lipinski definition) is 4. The Labute approximate surface area is 225 Å². The zero-order valence-corrected chi connectivity index (χ0v) is 23.1. The number of likely N-dealkylation sites (tertiary alicyclic amines) is 1. The van der Waals surface area contributed by atoms with Crippen LogP contribution in [0.1, 0.15) is 65.7 Å². The number of ether oxygens (including phenoxy) is 1. The summed E-state index contributed by atoms with van der Waals surface area (Å²) in [6.07, 6.45) is 9.00. The average molecular weight is 540 g/mol. The monoisotopic (exact) mass is 539 g/mol. The average Bonchev–Trinajstić information content (AvgIpc) is 2.88. The molecule has 2 N–H and O–H groups in total. The van der Waals surface area contributed by atoms with Crippen molar-refractivity contribution in [2.45, 2.75) is 71.9 Å². The predicted molar refractivity (Wildman–Crippen MR) is 146 cm³/mol. The summed E-state index contributed by atoms with van der Waals surface area (Å²) in [5.41, 5.74) is 0.176. The Hall–Kier alpha value is -2.97. The minimum atomic E-state index is -4.41. The quantitative estimate of drug-likeness (QED) is 0.110. The van der Waals surface area contributed by atoms with Gasteiger partial charge in [0.25, 0.3) is 5.91 Å². The van der Waals surface area contributed by atoms with Crippen LogP contribution in [0.2, 0.25) is 0 Å². The minimum Gasteiger partial charge on any atom is -0.488 e. The number of carbonyl (C=O) groups is 2. The van der Waals surface area contributed by atoms with E-state index in [0.717, 1.165) is 31.3 Å². The second kappa shape index (κ2) is 16.8. The van der Waals surface area contributed by atoms with Gasteiger partial charge in [0, 0.05) is 42.7 Å². The van der Waals surface area contributed by atoms with Crippen molar-refractivity contribution in [2.75, 3.05) is 32.8 Å². The number of piperidine rings is 1. The van der Waals surface area contributed by atoms with Crippen molar-refractivity contribution in [3.8, 4) is 0 Å². The van der Waals surface area contributed by atoms with Gasteiger partial charge >= 0.3 is 6.18 Å². The van der Waals surface area contributed by atoms with Crippen LogP contribution >= 0.6 is 0 Å². The fourth-order valence-corrected chi connectivity index (χ4v) is 4.07. The molecule has 214 valence electrons. The largest absolute Gasteiger partial charge is 0.488 e. The first-order chi connectivity index (χ1) is 18.0. The van der Waals surface area contributed by atoms with Crippen molar-refractivity contribution in [3.05, 3.63) is 60.6 Å². The number of alkyl halides is 3. The molecule has 0 radical (unpaired) electrons. The van der Waals surface area contributed by atoms with Crippen molar-refractivity contribution < 1.29 is 27.5 Å². The lowest BCUT2D eigenvalue weighted by Crippen LogP contribution is -2.38. The maximum absolute atomic E-state index is 12.8. The topological polar surface area (TPSA) is 70.7 Å². The summed E-state index contributed by atoms with van der Waals surface area (Å²) in [6.45, 7) is 15.4.